The zero-order valence-corrected chi connectivity index (χ0v) is 16.4. The Morgan fingerprint density at radius 2 is 1.96 bits per heavy atom. The number of benzene rings is 1. The molecule has 0 unspecified atom stereocenters. The van der Waals surface area contributed by atoms with E-state index in [2.05, 4.69) is 33.8 Å². The molecule has 2 aliphatic rings. The lowest BCUT2D eigenvalue weighted by Gasteiger charge is -2.42. The van der Waals surface area contributed by atoms with Gasteiger partial charge in [0.1, 0.15) is 5.75 Å². The molecule has 1 heterocycles. The van der Waals surface area contributed by atoms with Gasteiger partial charge in [-0.3, -0.25) is 4.90 Å². The SMILES string of the molecule is COc1ccc(S(=O)(=O)NC2=NCN([C@@H]3CCC[C@@H](C)[C@H]3C)CN2)cc1. The van der Waals surface area contributed by atoms with Crippen LogP contribution in [0.1, 0.15) is 33.1 Å². The Morgan fingerprint density at radius 1 is 1.23 bits per heavy atom. The molecular formula is C18H28N4O3S. The Hall–Kier alpha value is -1.80. The molecule has 1 saturated carbocycles. The van der Waals surface area contributed by atoms with Crippen molar-refractivity contribution in [2.75, 3.05) is 20.4 Å². The third-order valence-corrected chi connectivity index (χ3v) is 6.95. The summed E-state index contributed by atoms with van der Waals surface area (Å²) >= 11 is 0. The monoisotopic (exact) mass is 380 g/mol. The summed E-state index contributed by atoms with van der Waals surface area (Å²) in [6, 6.07) is 6.77. The first-order valence-electron chi connectivity index (χ1n) is 9.10. The molecule has 1 aromatic rings. The van der Waals surface area contributed by atoms with Crippen molar-refractivity contribution in [1.82, 2.24) is 14.9 Å². The molecule has 0 saturated heterocycles. The van der Waals surface area contributed by atoms with E-state index in [9.17, 15) is 8.42 Å². The van der Waals surface area contributed by atoms with Gasteiger partial charge in [0.15, 0.2) is 0 Å². The van der Waals surface area contributed by atoms with Crippen molar-refractivity contribution in [2.24, 2.45) is 16.8 Å². The maximum Gasteiger partial charge on any atom is 0.264 e. The van der Waals surface area contributed by atoms with Crippen LogP contribution in [0.25, 0.3) is 0 Å². The Morgan fingerprint density at radius 3 is 2.58 bits per heavy atom. The lowest BCUT2D eigenvalue weighted by molar-refractivity contribution is 0.0768. The molecule has 26 heavy (non-hydrogen) atoms. The van der Waals surface area contributed by atoms with Gasteiger partial charge in [0.25, 0.3) is 10.0 Å². The van der Waals surface area contributed by atoms with Gasteiger partial charge < -0.3 is 10.1 Å². The minimum absolute atomic E-state index is 0.181. The highest BCUT2D eigenvalue weighted by atomic mass is 32.2. The second kappa shape index (κ2) is 7.84. The molecule has 1 aliphatic heterocycles. The lowest BCUT2D eigenvalue weighted by Crippen LogP contribution is -2.55. The Balaban J connectivity index is 1.63. The van der Waals surface area contributed by atoms with Gasteiger partial charge in [-0.15, -0.1) is 0 Å². The van der Waals surface area contributed by atoms with E-state index in [-0.39, 0.29) is 4.90 Å². The molecule has 2 N–H and O–H groups in total. The normalized spacial score (nSPS) is 27.3. The standard InChI is InChI=1S/C18H28N4O3S/c1-13-5-4-6-17(14(13)2)22-11-19-18(20-12-22)21-26(23,24)16-9-7-15(25-3)8-10-16/h7-10,13-14,17H,4-6,11-12H2,1-3H3,(H2,19,20,21)/t13-,14-,17-/m1/s1. The average molecular weight is 381 g/mol. The second-order valence-electron chi connectivity index (χ2n) is 7.19. The first-order chi connectivity index (χ1) is 12.4. The van der Waals surface area contributed by atoms with Gasteiger partial charge >= 0.3 is 0 Å². The van der Waals surface area contributed by atoms with E-state index >= 15 is 0 Å². The molecule has 0 amide bonds. The number of sulfonamides is 1. The van der Waals surface area contributed by atoms with Gasteiger partial charge in [-0.05, 0) is 42.5 Å². The average Bonchev–Trinajstić information content (AvgIpc) is 2.64. The third-order valence-electron chi connectivity index (χ3n) is 5.59. The number of nitrogens with zero attached hydrogens (tertiary/aromatic N) is 2. The topological polar surface area (TPSA) is 83.0 Å². The van der Waals surface area contributed by atoms with Crippen molar-refractivity contribution in [2.45, 2.75) is 44.0 Å². The lowest BCUT2D eigenvalue weighted by atomic mass is 9.77. The quantitative estimate of drug-likeness (QED) is 0.835. The number of rotatable bonds is 4. The largest absolute Gasteiger partial charge is 0.497 e. The van der Waals surface area contributed by atoms with Crippen molar-refractivity contribution >= 4 is 16.0 Å². The second-order valence-corrected chi connectivity index (χ2v) is 8.87. The summed E-state index contributed by atoms with van der Waals surface area (Å²) in [6.45, 7) is 5.73. The van der Waals surface area contributed by atoms with E-state index in [0.29, 0.717) is 42.9 Å². The summed E-state index contributed by atoms with van der Waals surface area (Å²) in [6.07, 6.45) is 3.71. The van der Waals surface area contributed by atoms with Gasteiger partial charge in [0, 0.05) is 6.04 Å². The van der Waals surface area contributed by atoms with E-state index in [0.717, 1.165) is 0 Å². The fraction of sp³-hybridized carbons (Fsp3) is 0.611. The number of methoxy groups -OCH3 is 1. The molecule has 3 rings (SSSR count). The molecule has 0 radical (unpaired) electrons. The van der Waals surface area contributed by atoms with Gasteiger partial charge in [-0.1, -0.05) is 26.7 Å². The predicted octanol–water partition coefficient (Wildman–Crippen LogP) is 1.97. The summed E-state index contributed by atoms with van der Waals surface area (Å²) in [5.74, 6) is 2.25. The van der Waals surface area contributed by atoms with Crippen LogP contribution >= 0.6 is 0 Å². The molecule has 1 aliphatic carbocycles. The minimum Gasteiger partial charge on any atom is -0.497 e. The predicted molar refractivity (Wildman–Crippen MR) is 101 cm³/mol. The number of ether oxygens (including phenoxy) is 1. The third kappa shape index (κ3) is 4.12. The van der Waals surface area contributed by atoms with E-state index < -0.39 is 10.0 Å². The Kier molecular flexibility index (Phi) is 5.72. The molecule has 0 spiro atoms. The number of hydrogen-bond acceptors (Lipinski definition) is 6. The molecule has 0 bridgehead atoms. The summed E-state index contributed by atoms with van der Waals surface area (Å²) in [7, 11) is -2.12. The van der Waals surface area contributed by atoms with Gasteiger partial charge in [-0.2, -0.15) is 0 Å². The van der Waals surface area contributed by atoms with Crippen LogP contribution in [0, 0.1) is 11.8 Å². The number of nitrogens with one attached hydrogen (secondary N) is 2. The van der Waals surface area contributed by atoms with Crippen LogP contribution in [-0.2, 0) is 10.0 Å². The van der Waals surface area contributed by atoms with Crippen molar-refractivity contribution in [3.8, 4) is 5.75 Å². The van der Waals surface area contributed by atoms with Crippen molar-refractivity contribution in [3.05, 3.63) is 24.3 Å². The summed E-state index contributed by atoms with van der Waals surface area (Å²) in [4.78, 5) is 6.88. The summed E-state index contributed by atoms with van der Waals surface area (Å²) in [5, 5.41) is 3.11. The summed E-state index contributed by atoms with van der Waals surface area (Å²) < 4.78 is 32.6. The van der Waals surface area contributed by atoms with Crippen molar-refractivity contribution in [1.29, 1.82) is 0 Å². The molecule has 3 atom stereocenters. The van der Waals surface area contributed by atoms with E-state index in [1.807, 2.05) is 0 Å². The zero-order valence-electron chi connectivity index (χ0n) is 15.6. The molecular weight excluding hydrogens is 352 g/mol. The van der Waals surface area contributed by atoms with Crippen LogP contribution in [0.5, 0.6) is 5.75 Å². The highest BCUT2D eigenvalue weighted by Crippen LogP contribution is 2.32. The maximum absolute atomic E-state index is 12.5. The van der Waals surface area contributed by atoms with Crippen LogP contribution in [-0.4, -0.2) is 45.8 Å². The minimum atomic E-state index is -3.66. The zero-order chi connectivity index (χ0) is 18.7. The van der Waals surface area contributed by atoms with Gasteiger partial charge in [0.05, 0.1) is 25.3 Å². The highest BCUT2D eigenvalue weighted by Gasteiger charge is 2.32. The smallest absolute Gasteiger partial charge is 0.264 e. The molecule has 8 heteroatoms. The molecule has 144 valence electrons. The Labute approximate surface area is 155 Å². The fourth-order valence-corrected chi connectivity index (χ4v) is 4.75. The number of aliphatic imine (C=N–C) groups is 1. The van der Waals surface area contributed by atoms with Crippen LogP contribution in [0.2, 0.25) is 0 Å². The highest BCUT2D eigenvalue weighted by molar-refractivity contribution is 7.90. The molecule has 7 nitrogen and oxygen atoms in total. The van der Waals surface area contributed by atoms with Gasteiger partial charge in [-0.25, -0.2) is 18.1 Å². The van der Waals surface area contributed by atoms with Gasteiger partial charge in [0.2, 0.25) is 5.96 Å². The van der Waals surface area contributed by atoms with Crippen LogP contribution in [0.3, 0.4) is 0 Å². The molecule has 1 fully saturated rings. The van der Waals surface area contributed by atoms with E-state index in [1.54, 1.807) is 19.2 Å². The number of hydrogen-bond donors (Lipinski definition) is 2. The van der Waals surface area contributed by atoms with Crippen LogP contribution < -0.4 is 14.8 Å². The van der Waals surface area contributed by atoms with Crippen molar-refractivity contribution < 1.29 is 13.2 Å². The van der Waals surface area contributed by atoms with E-state index in [1.165, 1.54) is 31.4 Å². The van der Waals surface area contributed by atoms with E-state index in [4.69, 9.17) is 4.74 Å². The first-order valence-corrected chi connectivity index (χ1v) is 10.6. The molecule has 0 aromatic heterocycles. The van der Waals surface area contributed by atoms with Crippen LogP contribution in [0.4, 0.5) is 0 Å². The molecule has 1 aromatic carbocycles. The fourth-order valence-electron chi connectivity index (χ4n) is 3.74. The van der Waals surface area contributed by atoms with Crippen molar-refractivity contribution in [3.63, 3.8) is 0 Å². The number of guanidine groups is 1. The first kappa shape index (κ1) is 19.0. The van der Waals surface area contributed by atoms with Crippen LogP contribution in [0.15, 0.2) is 34.2 Å². The Bertz CT molecular complexity index is 748. The maximum atomic E-state index is 12.5. The summed E-state index contributed by atoms with van der Waals surface area (Å²) in [5.41, 5.74) is 0.